The van der Waals surface area contributed by atoms with E-state index >= 15 is 0 Å². The summed E-state index contributed by atoms with van der Waals surface area (Å²) in [7, 11) is 1.90. The highest BCUT2D eigenvalue weighted by molar-refractivity contribution is 5.78. The van der Waals surface area contributed by atoms with Crippen LogP contribution in [0.5, 0.6) is 0 Å². The molecule has 0 atom stereocenters. The van der Waals surface area contributed by atoms with Crippen molar-refractivity contribution in [3.63, 3.8) is 0 Å². The van der Waals surface area contributed by atoms with Crippen LogP contribution < -0.4 is 0 Å². The first-order valence-electron chi connectivity index (χ1n) is 6.06. The van der Waals surface area contributed by atoms with Gasteiger partial charge in [0.2, 0.25) is 5.91 Å². The maximum absolute atomic E-state index is 11.5. The van der Waals surface area contributed by atoms with Crippen molar-refractivity contribution in [3.8, 4) is 0 Å². The van der Waals surface area contributed by atoms with Gasteiger partial charge in [-0.3, -0.25) is 9.69 Å². The molecular weight excluding hydrogens is 188 g/mol. The van der Waals surface area contributed by atoms with Gasteiger partial charge in [0.15, 0.2) is 0 Å². The molecule has 0 aromatic rings. The van der Waals surface area contributed by atoms with Gasteiger partial charge in [0.05, 0.1) is 6.54 Å². The number of carbonyl (C=O) groups is 1. The fraction of sp³-hybridized carbons (Fsp3) is 0.917. The van der Waals surface area contributed by atoms with Crippen molar-refractivity contribution in [2.24, 2.45) is 11.8 Å². The molecule has 3 nitrogen and oxygen atoms in total. The van der Waals surface area contributed by atoms with Gasteiger partial charge in [0.25, 0.3) is 0 Å². The molecule has 2 aliphatic rings. The lowest BCUT2D eigenvalue weighted by Gasteiger charge is -2.46. The molecule has 0 bridgehead atoms. The first-order valence-corrected chi connectivity index (χ1v) is 6.06. The van der Waals surface area contributed by atoms with Gasteiger partial charge in [-0.05, 0) is 24.7 Å². The van der Waals surface area contributed by atoms with Crippen LogP contribution in [0, 0.1) is 11.8 Å². The molecule has 1 amide bonds. The van der Waals surface area contributed by atoms with E-state index in [1.165, 1.54) is 12.8 Å². The number of rotatable bonds is 2. The summed E-state index contributed by atoms with van der Waals surface area (Å²) in [5.41, 5.74) is 0. The molecule has 1 saturated carbocycles. The third-order valence-corrected chi connectivity index (χ3v) is 4.10. The average molecular weight is 210 g/mol. The summed E-state index contributed by atoms with van der Waals surface area (Å²) in [4.78, 5) is 15.8. The Morgan fingerprint density at radius 2 is 1.93 bits per heavy atom. The second kappa shape index (κ2) is 4.12. The molecule has 15 heavy (non-hydrogen) atoms. The molecule has 86 valence electrons. The first-order chi connectivity index (χ1) is 7.08. The van der Waals surface area contributed by atoms with Gasteiger partial charge >= 0.3 is 0 Å². The lowest BCUT2D eigenvalue weighted by atomic mass is 9.73. The van der Waals surface area contributed by atoms with Crippen LogP contribution in [0.25, 0.3) is 0 Å². The predicted molar refractivity (Wildman–Crippen MR) is 60.6 cm³/mol. The van der Waals surface area contributed by atoms with E-state index < -0.39 is 0 Å². The van der Waals surface area contributed by atoms with Gasteiger partial charge in [-0.25, -0.2) is 0 Å². The summed E-state index contributed by atoms with van der Waals surface area (Å²) in [6.45, 7) is 7.22. The largest absolute Gasteiger partial charge is 0.343 e. The van der Waals surface area contributed by atoms with E-state index in [1.807, 2.05) is 11.9 Å². The van der Waals surface area contributed by atoms with Crippen LogP contribution in [-0.4, -0.2) is 48.4 Å². The molecule has 0 radical (unpaired) electrons. The minimum atomic E-state index is 0.286. The van der Waals surface area contributed by atoms with Crippen molar-refractivity contribution >= 4 is 5.91 Å². The van der Waals surface area contributed by atoms with Gasteiger partial charge < -0.3 is 4.90 Å². The second-order valence-corrected chi connectivity index (χ2v) is 5.42. The first kappa shape index (κ1) is 10.9. The summed E-state index contributed by atoms with van der Waals surface area (Å²) < 4.78 is 0. The molecule has 0 N–H and O–H groups in total. The van der Waals surface area contributed by atoms with Crippen LogP contribution in [0.3, 0.4) is 0 Å². The molecule has 2 rings (SSSR count). The molecule has 1 aliphatic carbocycles. The SMILES string of the molecule is CC(C)[C@H]1C[C@H](N2CCN(C)C(=O)C2)C1. The number of amides is 1. The lowest BCUT2D eigenvalue weighted by molar-refractivity contribution is -0.137. The van der Waals surface area contributed by atoms with Crippen molar-refractivity contribution < 1.29 is 4.79 Å². The normalized spacial score (nSPS) is 33.3. The van der Waals surface area contributed by atoms with Crippen LogP contribution in [0.4, 0.5) is 0 Å². The van der Waals surface area contributed by atoms with Crippen LogP contribution in [0.15, 0.2) is 0 Å². The van der Waals surface area contributed by atoms with E-state index in [4.69, 9.17) is 0 Å². The Hall–Kier alpha value is -0.570. The zero-order valence-corrected chi connectivity index (χ0v) is 10.1. The minimum absolute atomic E-state index is 0.286. The second-order valence-electron chi connectivity index (χ2n) is 5.42. The molecule has 0 aromatic carbocycles. The number of nitrogens with zero attached hydrogens (tertiary/aromatic N) is 2. The predicted octanol–water partition coefficient (Wildman–Crippen LogP) is 1.19. The lowest BCUT2D eigenvalue weighted by Crippen LogP contribution is -2.55. The zero-order chi connectivity index (χ0) is 11.0. The van der Waals surface area contributed by atoms with E-state index in [1.54, 1.807) is 0 Å². The smallest absolute Gasteiger partial charge is 0.236 e. The molecule has 0 spiro atoms. The van der Waals surface area contributed by atoms with E-state index in [-0.39, 0.29) is 5.91 Å². The molecule has 1 heterocycles. The number of likely N-dealkylation sites (N-methyl/N-ethyl adjacent to an activating group) is 1. The van der Waals surface area contributed by atoms with Crippen molar-refractivity contribution in [3.05, 3.63) is 0 Å². The van der Waals surface area contributed by atoms with Gasteiger partial charge in [0, 0.05) is 26.2 Å². The van der Waals surface area contributed by atoms with Crippen LogP contribution >= 0.6 is 0 Å². The molecule has 0 unspecified atom stereocenters. The van der Waals surface area contributed by atoms with Gasteiger partial charge in [0.1, 0.15) is 0 Å². The number of piperazine rings is 1. The fourth-order valence-electron chi connectivity index (χ4n) is 2.56. The Kier molecular flexibility index (Phi) is 3.01. The van der Waals surface area contributed by atoms with E-state index in [2.05, 4.69) is 18.7 Å². The minimum Gasteiger partial charge on any atom is -0.343 e. The van der Waals surface area contributed by atoms with E-state index in [0.29, 0.717) is 12.6 Å². The molecule has 3 heteroatoms. The molecular formula is C12H22N2O. The molecule has 0 aromatic heterocycles. The van der Waals surface area contributed by atoms with E-state index in [9.17, 15) is 4.79 Å². The van der Waals surface area contributed by atoms with Crippen molar-refractivity contribution in [1.29, 1.82) is 0 Å². The van der Waals surface area contributed by atoms with E-state index in [0.717, 1.165) is 24.9 Å². The Morgan fingerprint density at radius 3 is 2.47 bits per heavy atom. The zero-order valence-electron chi connectivity index (χ0n) is 10.1. The van der Waals surface area contributed by atoms with Gasteiger partial charge in [-0.1, -0.05) is 13.8 Å². The Balaban J connectivity index is 1.80. The quantitative estimate of drug-likeness (QED) is 0.683. The van der Waals surface area contributed by atoms with Gasteiger partial charge in [-0.15, -0.1) is 0 Å². The molecule has 1 saturated heterocycles. The number of hydrogen-bond acceptors (Lipinski definition) is 2. The average Bonchev–Trinajstić information content (AvgIpc) is 2.08. The Labute approximate surface area is 92.4 Å². The number of hydrogen-bond donors (Lipinski definition) is 0. The fourth-order valence-corrected chi connectivity index (χ4v) is 2.56. The maximum atomic E-state index is 11.5. The number of carbonyl (C=O) groups excluding carboxylic acids is 1. The topological polar surface area (TPSA) is 23.6 Å². The summed E-state index contributed by atoms with van der Waals surface area (Å²) in [6, 6.07) is 0.690. The summed E-state index contributed by atoms with van der Waals surface area (Å²) in [6.07, 6.45) is 2.60. The highest BCUT2D eigenvalue weighted by Gasteiger charge is 2.37. The van der Waals surface area contributed by atoms with Crippen LogP contribution in [-0.2, 0) is 4.79 Å². The van der Waals surface area contributed by atoms with Crippen molar-refractivity contribution in [1.82, 2.24) is 9.80 Å². The third kappa shape index (κ3) is 2.17. The van der Waals surface area contributed by atoms with Crippen molar-refractivity contribution in [2.45, 2.75) is 32.7 Å². The standard InChI is InChI=1S/C12H22N2O/c1-9(2)10-6-11(7-10)14-5-4-13(3)12(15)8-14/h9-11H,4-8H2,1-3H3/t10-,11-. The van der Waals surface area contributed by atoms with Crippen LogP contribution in [0.1, 0.15) is 26.7 Å². The summed E-state index contributed by atoms with van der Waals surface area (Å²) >= 11 is 0. The molecule has 2 fully saturated rings. The Morgan fingerprint density at radius 1 is 1.27 bits per heavy atom. The van der Waals surface area contributed by atoms with Gasteiger partial charge in [-0.2, -0.15) is 0 Å². The Bertz CT molecular complexity index is 246. The van der Waals surface area contributed by atoms with Crippen molar-refractivity contribution in [2.75, 3.05) is 26.7 Å². The maximum Gasteiger partial charge on any atom is 0.236 e. The molecule has 1 aliphatic heterocycles. The highest BCUT2D eigenvalue weighted by atomic mass is 16.2. The van der Waals surface area contributed by atoms with Crippen LogP contribution in [0.2, 0.25) is 0 Å². The third-order valence-electron chi connectivity index (χ3n) is 4.10. The highest BCUT2D eigenvalue weighted by Crippen LogP contribution is 2.37. The monoisotopic (exact) mass is 210 g/mol. The summed E-state index contributed by atoms with van der Waals surface area (Å²) in [5, 5.41) is 0. The summed E-state index contributed by atoms with van der Waals surface area (Å²) in [5.74, 6) is 1.99.